The largest absolute Gasteiger partial charge is 0.452 e. The predicted molar refractivity (Wildman–Crippen MR) is 103 cm³/mol. The van der Waals surface area contributed by atoms with Gasteiger partial charge in [0, 0.05) is 11.6 Å². The van der Waals surface area contributed by atoms with Gasteiger partial charge < -0.3 is 9.47 Å². The van der Waals surface area contributed by atoms with Gasteiger partial charge in [-0.2, -0.15) is 0 Å². The first-order valence-corrected chi connectivity index (χ1v) is 9.65. The Labute approximate surface area is 166 Å². The number of carbonyl (C=O) groups is 2. The van der Waals surface area contributed by atoms with Crippen molar-refractivity contribution >= 4 is 29.4 Å². The van der Waals surface area contributed by atoms with Gasteiger partial charge in [0.15, 0.2) is 5.76 Å². The second kappa shape index (κ2) is 7.76. The van der Waals surface area contributed by atoms with Crippen LogP contribution < -0.4 is 9.47 Å². The summed E-state index contributed by atoms with van der Waals surface area (Å²) in [6, 6.07) is 8.90. The molecule has 1 aliphatic heterocycles. The van der Waals surface area contributed by atoms with Gasteiger partial charge in [-0.3, -0.25) is 9.59 Å². The summed E-state index contributed by atoms with van der Waals surface area (Å²) < 4.78 is 25.1. The van der Waals surface area contributed by atoms with E-state index < -0.39 is 5.82 Å². The number of rotatable bonds is 3. The Hall–Kier alpha value is -2.66. The molecule has 2 aliphatic rings. The summed E-state index contributed by atoms with van der Waals surface area (Å²) in [6.07, 6.45) is 6.19. The Morgan fingerprint density at radius 2 is 1.96 bits per heavy atom. The fourth-order valence-electron chi connectivity index (χ4n) is 3.55. The number of benzene rings is 2. The molecule has 0 saturated heterocycles. The third kappa shape index (κ3) is 3.67. The van der Waals surface area contributed by atoms with Crippen molar-refractivity contribution in [3.8, 4) is 11.5 Å². The van der Waals surface area contributed by atoms with Crippen molar-refractivity contribution in [2.24, 2.45) is 5.92 Å². The molecule has 1 saturated carbocycles. The summed E-state index contributed by atoms with van der Waals surface area (Å²) in [6.45, 7) is 0. The Kier molecular flexibility index (Phi) is 5.18. The molecule has 2 aromatic carbocycles. The highest BCUT2D eigenvalue weighted by atomic mass is 35.5. The molecule has 1 fully saturated rings. The smallest absolute Gasteiger partial charge is 0.314 e. The molecule has 0 aromatic heterocycles. The first kappa shape index (κ1) is 18.7. The van der Waals surface area contributed by atoms with Gasteiger partial charge in [-0.1, -0.05) is 36.9 Å². The van der Waals surface area contributed by atoms with Crippen molar-refractivity contribution in [1.29, 1.82) is 0 Å². The quantitative estimate of drug-likeness (QED) is 0.383. The number of ether oxygens (including phenoxy) is 2. The fourth-order valence-corrected chi connectivity index (χ4v) is 3.77. The van der Waals surface area contributed by atoms with Crippen LogP contribution in [0.15, 0.2) is 42.2 Å². The zero-order chi connectivity index (χ0) is 19.7. The molecule has 144 valence electrons. The molecule has 0 radical (unpaired) electrons. The van der Waals surface area contributed by atoms with Crippen LogP contribution in [0.5, 0.6) is 11.5 Å². The maximum absolute atomic E-state index is 14.0. The highest BCUT2D eigenvalue weighted by Gasteiger charge is 2.29. The van der Waals surface area contributed by atoms with E-state index in [2.05, 4.69) is 0 Å². The third-order valence-electron chi connectivity index (χ3n) is 5.07. The first-order chi connectivity index (χ1) is 13.5. The van der Waals surface area contributed by atoms with Crippen LogP contribution in [-0.4, -0.2) is 11.8 Å². The minimum absolute atomic E-state index is 0.0299. The highest BCUT2D eigenvalue weighted by molar-refractivity contribution is 6.32. The van der Waals surface area contributed by atoms with Gasteiger partial charge >= 0.3 is 5.97 Å². The van der Waals surface area contributed by atoms with E-state index in [4.69, 9.17) is 21.1 Å². The molecule has 6 heteroatoms. The number of halogens is 2. The second-order valence-electron chi connectivity index (χ2n) is 6.99. The average molecular weight is 401 g/mol. The van der Waals surface area contributed by atoms with Crippen molar-refractivity contribution in [2.45, 2.75) is 32.1 Å². The number of hydrogen-bond acceptors (Lipinski definition) is 4. The SMILES string of the molecule is O=C1/C(=C\c2c(F)cccc2Cl)Oc2cc(OC(=O)C3CCCCC3)ccc21. The molecule has 0 amide bonds. The molecular formula is C22H18ClFO4. The predicted octanol–water partition coefficient (Wildman–Crippen LogP) is 5.58. The molecule has 0 atom stereocenters. The minimum atomic E-state index is -0.547. The zero-order valence-electron chi connectivity index (χ0n) is 15.0. The summed E-state index contributed by atoms with van der Waals surface area (Å²) in [5.41, 5.74) is 0.417. The topological polar surface area (TPSA) is 52.6 Å². The Morgan fingerprint density at radius 3 is 2.71 bits per heavy atom. The van der Waals surface area contributed by atoms with E-state index in [-0.39, 0.29) is 39.8 Å². The molecule has 1 aliphatic carbocycles. The standard InChI is InChI=1S/C22H18ClFO4/c23-17-7-4-8-18(24)16(17)12-20-21(25)15-10-9-14(11-19(15)28-20)27-22(26)13-5-2-1-3-6-13/h4,7-13H,1-3,5-6H2/b20-12+. The fraction of sp³-hybridized carbons (Fsp3) is 0.273. The Bertz CT molecular complexity index is 956. The van der Waals surface area contributed by atoms with Crippen LogP contribution in [0, 0.1) is 11.7 Å². The monoisotopic (exact) mass is 400 g/mol. The lowest BCUT2D eigenvalue weighted by Gasteiger charge is -2.19. The lowest BCUT2D eigenvalue weighted by atomic mass is 9.89. The third-order valence-corrected chi connectivity index (χ3v) is 5.40. The number of ketones is 1. The van der Waals surface area contributed by atoms with Crippen molar-refractivity contribution in [3.05, 3.63) is 64.1 Å². The van der Waals surface area contributed by atoms with Crippen LogP contribution in [0.3, 0.4) is 0 Å². The van der Waals surface area contributed by atoms with E-state index in [0.29, 0.717) is 11.3 Å². The highest BCUT2D eigenvalue weighted by Crippen LogP contribution is 2.36. The summed E-state index contributed by atoms with van der Waals surface area (Å²) in [7, 11) is 0. The molecule has 0 N–H and O–H groups in total. The van der Waals surface area contributed by atoms with Crippen molar-refractivity contribution < 1.29 is 23.5 Å². The van der Waals surface area contributed by atoms with Crippen LogP contribution in [-0.2, 0) is 4.79 Å². The van der Waals surface area contributed by atoms with Gasteiger partial charge in [0.05, 0.1) is 16.5 Å². The summed E-state index contributed by atoms with van der Waals surface area (Å²) in [5, 5.41) is 0.182. The van der Waals surface area contributed by atoms with Gasteiger partial charge in [0.25, 0.3) is 0 Å². The van der Waals surface area contributed by atoms with Gasteiger partial charge in [0.2, 0.25) is 5.78 Å². The van der Waals surface area contributed by atoms with Gasteiger partial charge in [-0.05, 0) is 43.2 Å². The maximum Gasteiger partial charge on any atom is 0.314 e. The van der Waals surface area contributed by atoms with E-state index in [0.717, 1.165) is 32.1 Å². The maximum atomic E-state index is 14.0. The van der Waals surface area contributed by atoms with Crippen LogP contribution in [0.1, 0.15) is 48.0 Å². The molecular weight excluding hydrogens is 383 g/mol. The summed E-state index contributed by atoms with van der Waals surface area (Å²) in [5.74, 6) is -0.683. The van der Waals surface area contributed by atoms with Crippen molar-refractivity contribution in [1.82, 2.24) is 0 Å². The normalized spacial score (nSPS) is 18.1. The lowest BCUT2D eigenvalue weighted by Crippen LogP contribution is -2.22. The zero-order valence-corrected chi connectivity index (χ0v) is 15.8. The van der Waals surface area contributed by atoms with Gasteiger partial charge in [0.1, 0.15) is 17.3 Å². The molecule has 4 nitrogen and oxygen atoms in total. The molecule has 0 unspecified atom stereocenters. The molecule has 4 rings (SSSR count). The first-order valence-electron chi connectivity index (χ1n) is 9.27. The van der Waals surface area contributed by atoms with Crippen molar-refractivity contribution in [2.75, 3.05) is 0 Å². The Morgan fingerprint density at radius 1 is 1.18 bits per heavy atom. The van der Waals surface area contributed by atoms with E-state index in [9.17, 15) is 14.0 Å². The second-order valence-corrected chi connectivity index (χ2v) is 7.40. The van der Waals surface area contributed by atoms with Crippen LogP contribution >= 0.6 is 11.6 Å². The molecule has 2 aromatic rings. The van der Waals surface area contributed by atoms with Gasteiger partial charge in [-0.25, -0.2) is 4.39 Å². The molecule has 0 bridgehead atoms. The van der Waals surface area contributed by atoms with Crippen molar-refractivity contribution in [3.63, 3.8) is 0 Å². The molecule has 1 heterocycles. The molecule has 0 spiro atoms. The van der Waals surface area contributed by atoms with E-state index in [1.165, 1.54) is 30.3 Å². The number of Topliss-reactive ketones (excluding diaryl/α,β-unsaturated/α-hetero) is 1. The summed E-state index contributed by atoms with van der Waals surface area (Å²) in [4.78, 5) is 24.9. The van der Waals surface area contributed by atoms with E-state index in [1.807, 2.05) is 0 Å². The van der Waals surface area contributed by atoms with Crippen LogP contribution in [0.2, 0.25) is 5.02 Å². The number of esters is 1. The van der Waals surface area contributed by atoms with Crippen LogP contribution in [0.4, 0.5) is 4.39 Å². The van der Waals surface area contributed by atoms with Crippen LogP contribution in [0.25, 0.3) is 6.08 Å². The molecule has 28 heavy (non-hydrogen) atoms. The Balaban J connectivity index is 1.54. The van der Waals surface area contributed by atoms with E-state index in [1.54, 1.807) is 12.1 Å². The number of fused-ring (bicyclic) bond motifs is 1. The lowest BCUT2D eigenvalue weighted by molar-refractivity contribution is -0.139. The van der Waals surface area contributed by atoms with E-state index >= 15 is 0 Å². The number of hydrogen-bond donors (Lipinski definition) is 0. The van der Waals surface area contributed by atoms with Gasteiger partial charge in [-0.15, -0.1) is 0 Å². The average Bonchev–Trinajstić information content (AvgIpc) is 3.00. The minimum Gasteiger partial charge on any atom is -0.452 e. The number of allylic oxidation sites excluding steroid dienone is 1. The summed E-state index contributed by atoms with van der Waals surface area (Å²) >= 11 is 6.01. The number of carbonyl (C=O) groups excluding carboxylic acids is 2.